The third-order valence-corrected chi connectivity index (χ3v) is 2.81. The topological polar surface area (TPSA) is 38.7 Å². The molecule has 0 bridgehead atoms. The molecule has 1 heterocycles. The summed E-state index contributed by atoms with van der Waals surface area (Å²) in [6.45, 7) is 1.25. The smallest absolute Gasteiger partial charge is 0.184 e. The Labute approximate surface area is 93.2 Å². The van der Waals surface area contributed by atoms with Crippen molar-refractivity contribution in [2.24, 2.45) is 0 Å². The second kappa shape index (κ2) is 3.77. The van der Waals surface area contributed by atoms with Crippen LogP contribution in [0.25, 0.3) is 10.8 Å². The molecule has 0 atom stereocenters. The van der Waals surface area contributed by atoms with Crippen LogP contribution in [0.1, 0.15) is 11.9 Å². The van der Waals surface area contributed by atoms with Crippen molar-refractivity contribution in [2.45, 2.75) is 6.29 Å². The number of aromatic hydroxyl groups is 1. The standard InChI is InChI=1S/C13H12O3/c14-12-6-5-11(13-15-7-8-16-13)9-3-1-2-4-10(9)12/h1-6,13-14H,7-8H2. The lowest BCUT2D eigenvalue weighted by Crippen LogP contribution is -1.98. The SMILES string of the molecule is Oc1ccc(C2OCCO2)c2ccccc12. The maximum Gasteiger partial charge on any atom is 0.184 e. The summed E-state index contributed by atoms with van der Waals surface area (Å²) in [4.78, 5) is 0. The summed E-state index contributed by atoms with van der Waals surface area (Å²) in [6.07, 6.45) is -0.300. The molecule has 0 spiro atoms. The molecule has 1 fully saturated rings. The molecule has 0 amide bonds. The Morgan fingerprint density at radius 1 is 0.938 bits per heavy atom. The molecule has 1 saturated heterocycles. The van der Waals surface area contributed by atoms with Crippen LogP contribution in [0, 0.1) is 0 Å². The van der Waals surface area contributed by atoms with E-state index in [0.29, 0.717) is 13.2 Å². The molecule has 0 aliphatic carbocycles. The van der Waals surface area contributed by atoms with Gasteiger partial charge in [-0.05, 0) is 17.5 Å². The van der Waals surface area contributed by atoms with E-state index >= 15 is 0 Å². The zero-order chi connectivity index (χ0) is 11.0. The lowest BCUT2D eigenvalue weighted by Gasteiger charge is -2.13. The van der Waals surface area contributed by atoms with Crippen molar-refractivity contribution in [2.75, 3.05) is 13.2 Å². The fourth-order valence-electron chi connectivity index (χ4n) is 2.05. The molecule has 82 valence electrons. The molecule has 3 nitrogen and oxygen atoms in total. The minimum atomic E-state index is -0.300. The van der Waals surface area contributed by atoms with Crippen LogP contribution in [-0.4, -0.2) is 18.3 Å². The third-order valence-electron chi connectivity index (χ3n) is 2.81. The summed E-state index contributed by atoms with van der Waals surface area (Å²) in [6, 6.07) is 11.2. The number of ether oxygens (including phenoxy) is 2. The molecule has 0 saturated carbocycles. The second-order valence-electron chi connectivity index (χ2n) is 3.79. The normalized spacial score (nSPS) is 17.0. The Hall–Kier alpha value is -1.58. The zero-order valence-corrected chi connectivity index (χ0v) is 8.72. The molecule has 2 aromatic rings. The number of rotatable bonds is 1. The van der Waals surface area contributed by atoms with Crippen LogP contribution in [0.5, 0.6) is 5.75 Å². The van der Waals surface area contributed by atoms with Crippen molar-refractivity contribution < 1.29 is 14.6 Å². The Balaban J connectivity index is 2.21. The molecule has 0 unspecified atom stereocenters. The van der Waals surface area contributed by atoms with Crippen molar-refractivity contribution in [1.29, 1.82) is 0 Å². The van der Waals surface area contributed by atoms with Crippen molar-refractivity contribution >= 4 is 10.8 Å². The predicted octanol–water partition coefficient (Wildman–Crippen LogP) is 2.59. The van der Waals surface area contributed by atoms with Gasteiger partial charge in [-0.15, -0.1) is 0 Å². The van der Waals surface area contributed by atoms with Gasteiger partial charge in [-0.3, -0.25) is 0 Å². The molecule has 3 heteroatoms. The molecule has 2 aromatic carbocycles. The average molecular weight is 216 g/mol. The number of hydrogen-bond acceptors (Lipinski definition) is 3. The number of benzene rings is 2. The quantitative estimate of drug-likeness (QED) is 0.796. The largest absolute Gasteiger partial charge is 0.507 e. The van der Waals surface area contributed by atoms with E-state index in [2.05, 4.69) is 0 Å². The number of phenolic OH excluding ortho intramolecular Hbond substituents is 1. The van der Waals surface area contributed by atoms with Gasteiger partial charge in [0.25, 0.3) is 0 Å². The van der Waals surface area contributed by atoms with E-state index in [1.54, 1.807) is 6.07 Å². The van der Waals surface area contributed by atoms with E-state index in [-0.39, 0.29) is 12.0 Å². The first-order chi connectivity index (χ1) is 7.86. The first-order valence-corrected chi connectivity index (χ1v) is 5.30. The molecule has 0 aromatic heterocycles. The Kier molecular flexibility index (Phi) is 2.27. The van der Waals surface area contributed by atoms with Gasteiger partial charge in [0.15, 0.2) is 6.29 Å². The van der Waals surface area contributed by atoms with Gasteiger partial charge in [0, 0.05) is 10.9 Å². The van der Waals surface area contributed by atoms with Crippen LogP contribution in [0.3, 0.4) is 0 Å². The predicted molar refractivity (Wildman–Crippen MR) is 60.3 cm³/mol. The highest BCUT2D eigenvalue weighted by Gasteiger charge is 2.20. The Morgan fingerprint density at radius 2 is 1.62 bits per heavy atom. The van der Waals surface area contributed by atoms with Crippen molar-refractivity contribution in [3.63, 3.8) is 0 Å². The fourth-order valence-corrected chi connectivity index (χ4v) is 2.05. The summed E-state index contributed by atoms with van der Waals surface area (Å²) in [5, 5.41) is 11.6. The lowest BCUT2D eigenvalue weighted by atomic mass is 10.0. The Bertz CT molecular complexity index is 516. The second-order valence-corrected chi connectivity index (χ2v) is 3.79. The number of hydrogen-bond donors (Lipinski definition) is 1. The molecule has 1 aliphatic heterocycles. The van der Waals surface area contributed by atoms with Crippen LogP contribution in [0.2, 0.25) is 0 Å². The highest BCUT2D eigenvalue weighted by molar-refractivity contribution is 5.90. The first kappa shape index (κ1) is 9.63. The van der Waals surface area contributed by atoms with E-state index < -0.39 is 0 Å². The van der Waals surface area contributed by atoms with Crippen LogP contribution < -0.4 is 0 Å². The van der Waals surface area contributed by atoms with Crippen molar-refractivity contribution in [1.82, 2.24) is 0 Å². The average Bonchev–Trinajstić information content (AvgIpc) is 2.83. The minimum absolute atomic E-state index is 0.289. The molecular formula is C13H12O3. The third kappa shape index (κ3) is 1.45. The van der Waals surface area contributed by atoms with Gasteiger partial charge in [-0.25, -0.2) is 0 Å². The zero-order valence-electron chi connectivity index (χ0n) is 8.72. The first-order valence-electron chi connectivity index (χ1n) is 5.30. The lowest BCUT2D eigenvalue weighted by molar-refractivity contribution is -0.0430. The van der Waals surface area contributed by atoms with E-state index in [9.17, 15) is 5.11 Å². The maximum absolute atomic E-state index is 9.76. The molecular weight excluding hydrogens is 204 g/mol. The van der Waals surface area contributed by atoms with Gasteiger partial charge in [-0.2, -0.15) is 0 Å². The van der Waals surface area contributed by atoms with Crippen LogP contribution in [-0.2, 0) is 9.47 Å². The highest BCUT2D eigenvalue weighted by atomic mass is 16.7. The van der Waals surface area contributed by atoms with Crippen LogP contribution in [0.4, 0.5) is 0 Å². The van der Waals surface area contributed by atoms with Crippen molar-refractivity contribution in [3.8, 4) is 5.75 Å². The number of phenols is 1. The molecule has 0 radical (unpaired) electrons. The van der Waals surface area contributed by atoms with Crippen LogP contribution in [0.15, 0.2) is 36.4 Å². The molecule has 16 heavy (non-hydrogen) atoms. The summed E-state index contributed by atoms with van der Waals surface area (Å²) >= 11 is 0. The van der Waals surface area contributed by atoms with Gasteiger partial charge in [0.1, 0.15) is 5.75 Å². The maximum atomic E-state index is 9.76. The summed E-state index contributed by atoms with van der Waals surface area (Å²) in [5.74, 6) is 0.289. The van der Waals surface area contributed by atoms with Crippen LogP contribution >= 0.6 is 0 Å². The van der Waals surface area contributed by atoms with E-state index in [4.69, 9.17) is 9.47 Å². The summed E-state index contributed by atoms with van der Waals surface area (Å²) < 4.78 is 11.0. The number of fused-ring (bicyclic) bond motifs is 1. The molecule has 3 rings (SSSR count). The van der Waals surface area contributed by atoms with E-state index in [1.807, 2.05) is 30.3 Å². The van der Waals surface area contributed by atoms with Gasteiger partial charge >= 0.3 is 0 Å². The van der Waals surface area contributed by atoms with E-state index in [0.717, 1.165) is 16.3 Å². The highest BCUT2D eigenvalue weighted by Crippen LogP contribution is 2.33. The molecule has 1 N–H and O–H groups in total. The summed E-state index contributed by atoms with van der Waals surface area (Å²) in [5.41, 5.74) is 0.978. The fraction of sp³-hybridized carbons (Fsp3) is 0.231. The summed E-state index contributed by atoms with van der Waals surface area (Å²) in [7, 11) is 0. The van der Waals surface area contributed by atoms with Gasteiger partial charge in [0.05, 0.1) is 13.2 Å². The monoisotopic (exact) mass is 216 g/mol. The minimum Gasteiger partial charge on any atom is -0.507 e. The van der Waals surface area contributed by atoms with Gasteiger partial charge < -0.3 is 14.6 Å². The Morgan fingerprint density at radius 3 is 2.38 bits per heavy atom. The van der Waals surface area contributed by atoms with Gasteiger partial charge in [0.2, 0.25) is 0 Å². The van der Waals surface area contributed by atoms with Gasteiger partial charge in [-0.1, -0.05) is 24.3 Å². The van der Waals surface area contributed by atoms with E-state index in [1.165, 1.54) is 0 Å². The molecule has 1 aliphatic rings. The van der Waals surface area contributed by atoms with Crippen molar-refractivity contribution in [3.05, 3.63) is 42.0 Å².